The molecule has 0 aliphatic rings. The number of hydrogen-bond donors (Lipinski definition) is 0. The van der Waals surface area contributed by atoms with Gasteiger partial charge in [-0.2, -0.15) is 0 Å². The maximum Gasteiger partial charge on any atom is 0.0407 e. The molecule has 0 spiro atoms. The van der Waals surface area contributed by atoms with Crippen LogP contribution in [0.25, 0.3) is 0 Å². The first-order valence-electron chi connectivity index (χ1n) is 28.4. The number of pyridine rings is 9. The fourth-order valence-corrected chi connectivity index (χ4v) is 7.60. The van der Waals surface area contributed by atoms with Gasteiger partial charge >= 0.3 is 0 Å². The van der Waals surface area contributed by atoms with Gasteiger partial charge in [0.1, 0.15) is 0 Å². The first kappa shape index (κ1) is 72.4. The molecule has 0 radical (unpaired) electrons. The lowest BCUT2D eigenvalue weighted by atomic mass is 10.0. The summed E-state index contributed by atoms with van der Waals surface area (Å²) in [6, 6.07) is 20.6. The molecule has 9 nitrogen and oxygen atoms in total. The van der Waals surface area contributed by atoms with Gasteiger partial charge in [-0.05, 0) is 316 Å². The summed E-state index contributed by atoms with van der Waals surface area (Å²) in [5.74, 6) is 0.614. The summed E-state index contributed by atoms with van der Waals surface area (Å²) in [6.45, 7) is 56.1. The van der Waals surface area contributed by atoms with E-state index in [0.717, 1.165) is 51.2 Å². The highest BCUT2D eigenvalue weighted by atomic mass is 14.7. The van der Waals surface area contributed by atoms with Crippen LogP contribution in [0.3, 0.4) is 0 Å². The average Bonchev–Trinajstić information content (AvgIpc) is 3.43. The van der Waals surface area contributed by atoms with E-state index < -0.39 is 0 Å². The molecular weight excluding hydrogens is 1000 g/mol. The van der Waals surface area contributed by atoms with E-state index in [9.17, 15) is 0 Å². The molecule has 0 saturated carbocycles. The van der Waals surface area contributed by atoms with Crippen LogP contribution in [-0.4, -0.2) is 44.9 Å². The average molecular weight is 1100 g/mol. The van der Waals surface area contributed by atoms with Gasteiger partial charge in [0.15, 0.2) is 0 Å². The second-order valence-corrected chi connectivity index (χ2v) is 21.9. The molecule has 9 aromatic heterocycles. The lowest BCUT2D eigenvalue weighted by molar-refractivity contribution is 0.852. The van der Waals surface area contributed by atoms with Crippen molar-refractivity contribution in [3.63, 3.8) is 0 Å². The van der Waals surface area contributed by atoms with Gasteiger partial charge in [0.05, 0.1) is 0 Å². The normalized spacial score (nSPS) is 9.76. The molecule has 0 N–H and O–H groups in total. The van der Waals surface area contributed by atoms with Crippen LogP contribution in [0.2, 0.25) is 0 Å². The maximum absolute atomic E-state index is 4.43. The Bertz CT molecular complexity index is 3050. The highest BCUT2D eigenvalue weighted by molar-refractivity contribution is 5.37. The Morgan fingerprint density at radius 1 is 0.268 bits per heavy atom. The van der Waals surface area contributed by atoms with Crippen molar-refractivity contribution in [1.82, 2.24) is 44.9 Å². The summed E-state index contributed by atoms with van der Waals surface area (Å²) in [6.07, 6.45) is 16.8. The zero-order valence-corrected chi connectivity index (χ0v) is 55.6. The first-order valence-corrected chi connectivity index (χ1v) is 28.4. The minimum atomic E-state index is 0.614. The van der Waals surface area contributed by atoms with E-state index >= 15 is 0 Å². The van der Waals surface area contributed by atoms with Crippen molar-refractivity contribution in [3.8, 4) is 0 Å². The summed E-state index contributed by atoms with van der Waals surface area (Å²) in [5, 5.41) is 0. The number of aryl methyl sites for hydroxylation is 21. The van der Waals surface area contributed by atoms with E-state index in [4.69, 9.17) is 0 Å². The first-order chi connectivity index (χ1) is 38.4. The van der Waals surface area contributed by atoms with Crippen LogP contribution in [0.5, 0.6) is 0 Å². The van der Waals surface area contributed by atoms with E-state index in [2.05, 4.69) is 226 Å². The Hall–Kier alpha value is -7.65. The molecule has 438 valence electrons. The monoisotopic (exact) mass is 1100 g/mol. The SMILES string of the molecule is Cc1cc(C)c(C)cn1.Cc1cc(C)nc(C)c1.Cc1ccc(C)c(C)n1.Cc1cccnc1C.Cc1ccncc1C.Cc1cnc(C)c(C)c1.Cc1cncc(C)c1C.Cc1cnccc1C(C)C.Cc1nc(C)c(C)c(C)c1C. The Labute approximate surface area is 497 Å². The Morgan fingerprint density at radius 3 is 1.16 bits per heavy atom. The van der Waals surface area contributed by atoms with Gasteiger partial charge in [-0.3, -0.25) is 44.9 Å². The molecule has 9 rings (SSSR count). The van der Waals surface area contributed by atoms with E-state index in [1.807, 2.05) is 122 Å². The fraction of sp³-hybridized carbons (Fsp3) is 0.384. The Morgan fingerprint density at radius 2 is 0.780 bits per heavy atom. The van der Waals surface area contributed by atoms with Gasteiger partial charge in [-0.15, -0.1) is 0 Å². The van der Waals surface area contributed by atoms with E-state index in [1.165, 1.54) is 94.6 Å². The van der Waals surface area contributed by atoms with Crippen molar-refractivity contribution in [2.75, 3.05) is 0 Å². The third-order valence-corrected chi connectivity index (χ3v) is 14.2. The minimum Gasteiger partial charge on any atom is -0.264 e. The predicted octanol–water partition coefficient (Wildman–Crippen LogP) is 18.6. The van der Waals surface area contributed by atoms with Crippen LogP contribution in [0, 0.1) is 173 Å². The van der Waals surface area contributed by atoms with Gasteiger partial charge in [0.25, 0.3) is 0 Å². The highest BCUT2D eigenvalue weighted by Gasteiger charge is 2.04. The van der Waals surface area contributed by atoms with Crippen molar-refractivity contribution in [1.29, 1.82) is 0 Å². The van der Waals surface area contributed by atoms with Gasteiger partial charge < -0.3 is 0 Å². The van der Waals surface area contributed by atoms with Crippen molar-refractivity contribution >= 4 is 0 Å². The van der Waals surface area contributed by atoms with E-state index in [0.29, 0.717) is 5.92 Å². The molecule has 0 aliphatic carbocycles. The zero-order chi connectivity index (χ0) is 62.4. The van der Waals surface area contributed by atoms with Crippen molar-refractivity contribution in [2.24, 2.45) is 0 Å². The summed E-state index contributed by atoms with van der Waals surface area (Å²) in [5.41, 5.74) is 32.2. The minimum absolute atomic E-state index is 0.614. The topological polar surface area (TPSA) is 116 Å². The van der Waals surface area contributed by atoms with Crippen molar-refractivity contribution in [3.05, 3.63) is 262 Å². The largest absolute Gasteiger partial charge is 0.264 e. The number of rotatable bonds is 1. The maximum atomic E-state index is 4.43. The van der Waals surface area contributed by atoms with Crippen LogP contribution >= 0.6 is 0 Å². The Balaban J connectivity index is 0.000000462. The van der Waals surface area contributed by atoms with E-state index in [1.54, 1.807) is 0 Å². The van der Waals surface area contributed by atoms with Gasteiger partial charge in [-0.1, -0.05) is 32.0 Å². The molecule has 0 aliphatic heterocycles. The number of hydrogen-bond acceptors (Lipinski definition) is 9. The van der Waals surface area contributed by atoms with E-state index in [-0.39, 0.29) is 0 Å². The van der Waals surface area contributed by atoms with Crippen molar-refractivity contribution in [2.45, 2.75) is 193 Å². The van der Waals surface area contributed by atoms with Gasteiger partial charge in [0.2, 0.25) is 0 Å². The lowest BCUT2D eigenvalue weighted by Crippen LogP contribution is -1.98. The third-order valence-electron chi connectivity index (χ3n) is 14.2. The molecule has 0 aromatic carbocycles. The fourth-order valence-electron chi connectivity index (χ4n) is 7.60. The van der Waals surface area contributed by atoms with Gasteiger partial charge in [0, 0.05) is 107 Å². The number of aromatic nitrogens is 9. The summed E-state index contributed by atoms with van der Waals surface area (Å²) < 4.78 is 0. The predicted molar refractivity (Wildman–Crippen MR) is 351 cm³/mol. The second-order valence-electron chi connectivity index (χ2n) is 21.9. The quantitative estimate of drug-likeness (QED) is 0.158. The van der Waals surface area contributed by atoms with Crippen molar-refractivity contribution < 1.29 is 0 Å². The molecule has 9 heterocycles. The molecule has 0 fully saturated rings. The molecule has 0 saturated heterocycles. The second kappa shape index (κ2) is 37.4. The molecule has 0 atom stereocenters. The molecule has 9 aromatic rings. The summed E-state index contributed by atoms with van der Waals surface area (Å²) in [7, 11) is 0. The van der Waals surface area contributed by atoms with Crippen LogP contribution in [0.1, 0.15) is 166 Å². The summed E-state index contributed by atoms with van der Waals surface area (Å²) in [4.78, 5) is 37.4. The third kappa shape index (κ3) is 28.2. The van der Waals surface area contributed by atoms with Gasteiger partial charge in [-0.25, -0.2) is 0 Å². The van der Waals surface area contributed by atoms with Crippen LogP contribution < -0.4 is 0 Å². The standard InChI is InChI=1S/C10H15N.C9H13N.5C8H11N.2C7H9N/c1-6-7(2)9(4)11-10(5)8(6)3;1-7(2)9-4-5-10-6-8(9)3;1-6-4-9-5-7(2)8(6)3;1-6-4-8(3)9-5-7(6)2;1-6-4-7(2)8(3)9-5-6;1-6-4-7(2)9-8(3)5-6;1-6-4-5-7(2)9-8(6)3;1-6-3-4-8-5-7(6)2;1-6-4-3-5-8-7(6)2/h1-5H3;4-7H,1-3H3;5*4-5H,1-3H3;2*3-5H,1-2H3. The van der Waals surface area contributed by atoms with Crippen LogP contribution in [-0.2, 0) is 0 Å². The molecular formula is C73H101N9. The molecule has 0 unspecified atom stereocenters. The lowest BCUT2D eigenvalue weighted by Gasteiger charge is -2.09. The number of nitrogens with zero attached hydrogens (tertiary/aromatic N) is 9. The smallest absolute Gasteiger partial charge is 0.0407 e. The highest BCUT2D eigenvalue weighted by Crippen LogP contribution is 2.18. The molecule has 82 heavy (non-hydrogen) atoms. The molecule has 9 heteroatoms. The Kier molecular flexibility index (Phi) is 33.0. The van der Waals surface area contributed by atoms with Crippen LogP contribution in [0.4, 0.5) is 0 Å². The molecule has 0 bridgehead atoms. The zero-order valence-electron chi connectivity index (χ0n) is 55.6. The van der Waals surface area contributed by atoms with Crippen LogP contribution in [0.15, 0.2) is 116 Å². The molecule has 0 amide bonds. The summed E-state index contributed by atoms with van der Waals surface area (Å²) >= 11 is 0.